The number of aliphatic hydroxyl groups is 1. The summed E-state index contributed by atoms with van der Waals surface area (Å²) in [5.41, 5.74) is 14.2. The predicted molar refractivity (Wildman–Crippen MR) is 209 cm³/mol. The van der Waals surface area contributed by atoms with E-state index in [2.05, 4.69) is 15.3 Å². The Balaban J connectivity index is 1.04. The van der Waals surface area contributed by atoms with E-state index in [0.717, 1.165) is 44.6 Å². The molecular formula is C43H33ClN6O4. The van der Waals surface area contributed by atoms with Crippen LogP contribution in [-0.2, 0) is 6.54 Å². The fourth-order valence-corrected chi connectivity index (χ4v) is 7.00. The van der Waals surface area contributed by atoms with Gasteiger partial charge in [-0.15, -0.1) is 0 Å². The molecule has 6 N–H and O–H groups in total. The van der Waals surface area contributed by atoms with E-state index in [1.54, 1.807) is 67.0 Å². The largest absolute Gasteiger partial charge is 0.511 e. The van der Waals surface area contributed by atoms with Crippen LogP contribution in [0.3, 0.4) is 0 Å². The first kappa shape index (κ1) is 34.3. The highest BCUT2D eigenvalue weighted by Crippen LogP contribution is 2.42. The van der Waals surface area contributed by atoms with Gasteiger partial charge in [-0.2, -0.15) is 0 Å². The molecule has 3 aromatic carbocycles. The second-order valence-electron chi connectivity index (χ2n) is 13.2. The molecule has 2 aliphatic carbocycles. The number of Topliss-reactive ketones (excluding diaryl/α,β-unsaturated/α-hetero) is 1. The van der Waals surface area contributed by atoms with Crippen LogP contribution in [0.1, 0.15) is 51.2 Å². The number of hydrogen-bond acceptors (Lipinski definition) is 8. The highest BCUT2D eigenvalue weighted by molar-refractivity contribution is 6.31. The van der Waals surface area contributed by atoms with Crippen molar-refractivity contribution in [1.29, 1.82) is 5.41 Å². The number of carbonyl (C=O) groups excluding carboxylic acids is 2. The minimum atomic E-state index is -0.326. The number of aliphatic hydroxyl groups excluding tert-OH is 1. The SMILES string of the molecule is CC(=O)c1cc(C(=O)NCc2ccc(-c3nc(C4C=CC(Cl)=C(O)C4)c(-c4ccncc4)[nH]3)cc2)ccc1-c1c2ccc(=N)cc-2oc2cc(N)ccc12. The number of H-pyrrole nitrogens is 1. The first-order valence-corrected chi connectivity index (χ1v) is 17.6. The highest BCUT2D eigenvalue weighted by atomic mass is 35.5. The van der Waals surface area contributed by atoms with Gasteiger partial charge >= 0.3 is 0 Å². The van der Waals surface area contributed by atoms with E-state index in [-0.39, 0.29) is 35.3 Å². The van der Waals surface area contributed by atoms with E-state index in [9.17, 15) is 14.7 Å². The summed E-state index contributed by atoms with van der Waals surface area (Å²) in [5.74, 6) is 0.575. The van der Waals surface area contributed by atoms with Crippen molar-refractivity contribution in [2.45, 2.75) is 25.8 Å². The number of halogens is 1. The zero-order chi connectivity index (χ0) is 37.5. The lowest BCUT2D eigenvalue weighted by Crippen LogP contribution is -2.23. The van der Waals surface area contributed by atoms with Crippen molar-refractivity contribution in [3.05, 3.63) is 154 Å². The molecule has 1 amide bonds. The Morgan fingerprint density at radius 2 is 1.76 bits per heavy atom. The second kappa shape index (κ2) is 14.0. The maximum atomic E-state index is 13.5. The molecule has 3 aliphatic rings. The molecule has 0 saturated carbocycles. The Hall–Kier alpha value is -6.78. The number of allylic oxidation sites excluding steroid dienone is 4. The third-order valence-corrected chi connectivity index (χ3v) is 9.92. The van der Waals surface area contributed by atoms with Gasteiger partial charge in [0.1, 0.15) is 22.9 Å². The van der Waals surface area contributed by atoms with Gasteiger partial charge in [-0.25, -0.2) is 4.98 Å². The number of imidazole rings is 1. The zero-order valence-electron chi connectivity index (χ0n) is 29.0. The standard InChI is InChI=1S/C43H33ClN6O4/c1-23(51)34-18-28(6-10-31(34)39-32-11-8-29(45)20-37(32)54-38-21-30(46)9-12-33(38)39)43(53)48-22-24-2-4-26(5-3-24)42-49-40(25-14-16-47-17-15-25)41(50-42)27-7-13-35(44)36(52)19-27/h2-18,20-21,27,45,52H,19,22,46H2,1H3,(H,48,53)(H,49,50). The van der Waals surface area contributed by atoms with Gasteiger partial charge in [-0.3, -0.25) is 14.6 Å². The lowest BCUT2D eigenvalue weighted by molar-refractivity contribution is 0.0951. The molecule has 0 fully saturated rings. The van der Waals surface area contributed by atoms with Gasteiger partial charge in [-0.1, -0.05) is 48.0 Å². The van der Waals surface area contributed by atoms with E-state index >= 15 is 0 Å². The van der Waals surface area contributed by atoms with Gasteiger partial charge < -0.3 is 31.0 Å². The molecule has 1 unspecified atom stereocenters. The van der Waals surface area contributed by atoms with Crippen LogP contribution in [0.2, 0.25) is 0 Å². The summed E-state index contributed by atoms with van der Waals surface area (Å²) >= 11 is 6.12. The monoisotopic (exact) mass is 732 g/mol. The van der Waals surface area contributed by atoms with Crippen LogP contribution in [-0.4, -0.2) is 31.7 Å². The van der Waals surface area contributed by atoms with Crippen molar-refractivity contribution in [2.75, 3.05) is 5.73 Å². The maximum Gasteiger partial charge on any atom is 0.251 e. The summed E-state index contributed by atoms with van der Waals surface area (Å²) in [6.07, 6.45) is 7.42. The number of amides is 1. The number of benzene rings is 4. The van der Waals surface area contributed by atoms with Crippen molar-refractivity contribution in [1.82, 2.24) is 20.3 Å². The zero-order valence-corrected chi connectivity index (χ0v) is 29.7. The topological polar surface area (TPSA) is 171 Å². The molecule has 5 aromatic rings. The van der Waals surface area contributed by atoms with Gasteiger partial charge in [0.05, 0.1) is 21.8 Å². The average molecular weight is 733 g/mol. The molecule has 3 heterocycles. The van der Waals surface area contributed by atoms with Crippen molar-refractivity contribution in [3.63, 3.8) is 0 Å². The average Bonchev–Trinajstić information content (AvgIpc) is 3.63. The summed E-state index contributed by atoms with van der Waals surface area (Å²) in [6.45, 7) is 1.73. The van der Waals surface area contributed by atoms with E-state index in [4.69, 9.17) is 32.1 Å². The molecule has 0 saturated heterocycles. The number of aromatic nitrogens is 3. The van der Waals surface area contributed by atoms with Crippen LogP contribution in [0, 0.1) is 5.41 Å². The van der Waals surface area contributed by atoms with E-state index < -0.39 is 0 Å². The third kappa shape index (κ3) is 6.55. The molecule has 266 valence electrons. The molecule has 10 nitrogen and oxygen atoms in total. The van der Waals surface area contributed by atoms with Crippen molar-refractivity contribution in [3.8, 4) is 45.1 Å². The first-order valence-electron chi connectivity index (χ1n) is 17.2. The highest BCUT2D eigenvalue weighted by Gasteiger charge is 2.25. The number of carbonyl (C=O) groups is 2. The summed E-state index contributed by atoms with van der Waals surface area (Å²) in [6, 6.07) is 27.1. The van der Waals surface area contributed by atoms with Crippen LogP contribution < -0.4 is 16.4 Å². The number of nitrogen functional groups attached to an aromatic ring is 1. The van der Waals surface area contributed by atoms with E-state index in [1.807, 2.05) is 48.5 Å². The Kier molecular flexibility index (Phi) is 8.88. The molecule has 1 aliphatic heterocycles. The maximum absolute atomic E-state index is 13.5. The van der Waals surface area contributed by atoms with Crippen molar-refractivity contribution >= 4 is 39.9 Å². The number of anilines is 1. The van der Waals surface area contributed by atoms with Crippen molar-refractivity contribution in [2.24, 2.45) is 0 Å². The van der Waals surface area contributed by atoms with Crippen LogP contribution in [0.5, 0.6) is 0 Å². The number of nitrogens with zero attached hydrogens (tertiary/aromatic N) is 2. The van der Waals surface area contributed by atoms with Gasteiger partial charge in [0, 0.05) is 87.9 Å². The van der Waals surface area contributed by atoms with Crippen LogP contribution in [0.4, 0.5) is 5.69 Å². The van der Waals surface area contributed by atoms with E-state index in [0.29, 0.717) is 51.0 Å². The van der Waals surface area contributed by atoms with Crippen molar-refractivity contribution < 1.29 is 19.1 Å². The Morgan fingerprint density at radius 3 is 2.52 bits per heavy atom. The van der Waals surface area contributed by atoms with Crippen LogP contribution in [0.25, 0.3) is 56.1 Å². The van der Waals surface area contributed by atoms with Crippen LogP contribution in [0.15, 0.2) is 131 Å². The lowest BCUT2D eigenvalue weighted by atomic mass is 9.88. The molecule has 2 aromatic heterocycles. The number of nitrogens with one attached hydrogen (secondary N) is 3. The van der Waals surface area contributed by atoms with Gasteiger partial charge in [0.2, 0.25) is 0 Å². The fourth-order valence-electron chi connectivity index (χ4n) is 6.85. The molecule has 0 bridgehead atoms. The van der Waals surface area contributed by atoms with Gasteiger partial charge in [0.15, 0.2) is 5.78 Å². The molecule has 0 radical (unpaired) electrons. The number of hydrogen-bond donors (Lipinski definition) is 5. The van der Waals surface area contributed by atoms with Gasteiger partial charge in [0.25, 0.3) is 5.91 Å². The summed E-state index contributed by atoms with van der Waals surface area (Å²) in [7, 11) is 0. The minimum absolute atomic E-state index is 0.124. The molecule has 8 rings (SSSR count). The molecule has 54 heavy (non-hydrogen) atoms. The lowest BCUT2D eigenvalue weighted by Gasteiger charge is -2.18. The third-order valence-electron chi connectivity index (χ3n) is 9.57. The predicted octanol–water partition coefficient (Wildman–Crippen LogP) is 8.90. The van der Waals surface area contributed by atoms with Gasteiger partial charge in [-0.05, 0) is 72.7 Å². The number of nitrogens with two attached hydrogens (primary N) is 1. The number of fused-ring (bicyclic) bond motifs is 2. The Labute approximate surface area is 314 Å². The van der Waals surface area contributed by atoms with Crippen LogP contribution >= 0.6 is 11.6 Å². The summed E-state index contributed by atoms with van der Waals surface area (Å²) < 4.78 is 6.12. The Morgan fingerprint density at radius 1 is 0.981 bits per heavy atom. The molecular weight excluding hydrogens is 700 g/mol. The molecule has 11 heteroatoms. The summed E-state index contributed by atoms with van der Waals surface area (Å²) in [5, 5.41) is 22.8. The molecule has 0 spiro atoms. The Bertz CT molecular complexity index is 2700. The smallest absolute Gasteiger partial charge is 0.251 e. The quantitative estimate of drug-likeness (QED) is 0.0590. The number of rotatable bonds is 8. The number of ketones is 1. The second-order valence-corrected chi connectivity index (χ2v) is 13.6. The molecule has 1 atom stereocenters. The fraction of sp³-hybridized carbons (Fsp3) is 0.0930. The minimum Gasteiger partial charge on any atom is -0.511 e. The normalized spacial score (nSPS) is 14.1. The summed E-state index contributed by atoms with van der Waals surface area (Å²) in [4.78, 5) is 39.1. The number of aromatic amines is 1. The van der Waals surface area contributed by atoms with E-state index in [1.165, 1.54) is 6.92 Å². The first-order chi connectivity index (χ1) is 26.1. The number of pyridine rings is 1.